The highest BCUT2D eigenvalue weighted by Crippen LogP contribution is 2.14. The summed E-state index contributed by atoms with van der Waals surface area (Å²) in [4.78, 5) is 45.6. The molecule has 2 amide bonds. The third-order valence-electron chi connectivity index (χ3n) is 5.84. The Morgan fingerprint density at radius 3 is 2.12 bits per heavy atom. The van der Waals surface area contributed by atoms with Crippen LogP contribution in [0.3, 0.4) is 0 Å². The van der Waals surface area contributed by atoms with E-state index in [0.29, 0.717) is 50.8 Å². The summed E-state index contributed by atoms with van der Waals surface area (Å²) in [5, 5.41) is 33.6. The standard InChI is InChI=1S/C26H37FN4O10/c27-9-1-2-19-17-31(30-19)10-11-39-12-13-40-14-15-41-20-5-3-18(4-6-20)16-22(25(36)37)29-26(38)28-21(24(34)35)7-8-23(32)33/h3-6,17,21-22,30H,1-2,7-16H2,(H,32,33)(H,34,35)(H,36,37)(H2,28,29,38)/p+1. The Kier molecular flexibility index (Phi) is 14.9. The van der Waals surface area contributed by atoms with Crippen molar-refractivity contribution in [2.75, 3.05) is 46.3 Å². The van der Waals surface area contributed by atoms with Crippen LogP contribution in [0.5, 0.6) is 5.75 Å². The van der Waals surface area contributed by atoms with Crippen molar-refractivity contribution in [3.63, 3.8) is 0 Å². The van der Waals surface area contributed by atoms with Crippen molar-refractivity contribution in [2.24, 2.45) is 0 Å². The maximum absolute atomic E-state index is 12.1. The number of nitrogens with two attached hydrogens (primary N) is 1. The van der Waals surface area contributed by atoms with Gasteiger partial charge in [0.2, 0.25) is 0 Å². The molecule has 0 aromatic heterocycles. The van der Waals surface area contributed by atoms with Gasteiger partial charge in [0.05, 0.1) is 39.6 Å². The molecule has 41 heavy (non-hydrogen) atoms. The fourth-order valence-electron chi connectivity index (χ4n) is 3.69. The highest BCUT2D eigenvalue weighted by molar-refractivity contribution is 5.86. The average Bonchev–Trinajstić information content (AvgIpc) is 2.90. The SMILES string of the molecule is O=C(O)CCC(NC(=O)NC(Cc1ccc(OCCOCCOCCN2C=C(CCCF)[NH2+]2)cc1)C(=O)O)C(=O)O. The normalized spacial score (nSPS) is 13.9. The Labute approximate surface area is 236 Å². The molecule has 0 fully saturated rings. The molecule has 1 aliphatic heterocycles. The lowest BCUT2D eigenvalue weighted by atomic mass is 10.1. The molecule has 14 nitrogen and oxygen atoms in total. The van der Waals surface area contributed by atoms with Gasteiger partial charge in [-0.05, 0) is 30.5 Å². The van der Waals surface area contributed by atoms with Crippen molar-refractivity contribution in [2.45, 2.75) is 44.2 Å². The second-order valence-corrected chi connectivity index (χ2v) is 9.12. The lowest BCUT2D eigenvalue weighted by Crippen LogP contribution is -2.96. The maximum atomic E-state index is 12.1. The molecule has 1 aromatic carbocycles. The average molecular weight is 586 g/mol. The molecule has 1 aromatic rings. The van der Waals surface area contributed by atoms with Gasteiger partial charge in [0.1, 0.15) is 30.6 Å². The Bertz CT molecular complexity index is 1020. The van der Waals surface area contributed by atoms with Gasteiger partial charge < -0.3 is 40.2 Å². The van der Waals surface area contributed by atoms with E-state index in [1.54, 1.807) is 24.3 Å². The molecule has 1 heterocycles. The predicted octanol–water partition coefficient (Wildman–Crippen LogP) is 0.0966. The van der Waals surface area contributed by atoms with Gasteiger partial charge in [0.25, 0.3) is 0 Å². The number of halogens is 1. The smallest absolute Gasteiger partial charge is 0.326 e. The summed E-state index contributed by atoms with van der Waals surface area (Å²) < 4.78 is 28.7. The van der Waals surface area contributed by atoms with Crippen molar-refractivity contribution < 1.29 is 58.5 Å². The number of nitrogens with one attached hydrogen (secondary N) is 2. The summed E-state index contributed by atoms with van der Waals surface area (Å²) in [6.07, 6.45) is 2.40. The van der Waals surface area contributed by atoms with E-state index in [4.69, 9.17) is 24.4 Å². The van der Waals surface area contributed by atoms with Crippen LogP contribution in [-0.4, -0.2) is 103 Å². The van der Waals surface area contributed by atoms with Gasteiger partial charge in [0, 0.05) is 19.3 Å². The van der Waals surface area contributed by atoms with Gasteiger partial charge in [0.15, 0.2) is 5.70 Å². The molecular weight excluding hydrogens is 547 g/mol. The number of carbonyl (C=O) groups is 4. The molecule has 0 saturated carbocycles. The second-order valence-electron chi connectivity index (χ2n) is 9.12. The minimum atomic E-state index is -1.48. The van der Waals surface area contributed by atoms with Gasteiger partial charge in [-0.1, -0.05) is 12.1 Å². The fourth-order valence-corrected chi connectivity index (χ4v) is 3.69. The zero-order chi connectivity index (χ0) is 30.0. The molecule has 0 spiro atoms. The first-order chi connectivity index (χ1) is 19.7. The number of carboxylic acid groups (broad SMARTS) is 3. The highest BCUT2D eigenvalue weighted by Gasteiger charge is 2.25. The quantitative estimate of drug-likeness (QED) is 0.0796. The zero-order valence-corrected chi connectivity index (χ0v) is 22.6. The monoisotopic (exact) mass is 585 g/mol. The Balaban J connectivity index is 1.61. The van der Waals surface area contributed by atoms with Crippen molar-refractivity contribution >= 4 is 23.9 Å². The van der Waals surface area contributed by atoms with Crippen molar-refractivity contribution in [3.8, 4) is 5.75 Å². The van der Waals surface area contributed by atoms with E-state index in [9.17, 15) is 28.7 Å². The zero-order valence-electron chi connectivity index (χ0n) is 22.6. The third-order valence-corrected chi connectivity index (χ3v) is 5.84. The van der Waals surface area contributed by atoms with Gasteiger partial charge in [-0.15, -0.1) is 0 Å². The lowest BCUT2D eigenvalue weighted by molar-refractivity contribution is -0.785. The van der Waals surface area contributed by atoms with Crippen LogP contribution in [-0.2, 0) is 30.3 Å². The van der Waals surface area contributed by atoms with Crippen LogP contribution in [0.1, 0.15) is 31.2 Å². The van der Waals surface area contributed by atoms with Crippen LogP contribution in [0.2, 0.25) is 0 Å². The number of nitrogens with zero attached hydrogens (tertiary/aromatic N) is 1. The van der Waals surface area contributed by atoms with E-state index in [1.165, 1.54) is 0 Å². The summed E-state index contributed by atoms with van der Waals surface area (Å²) in [6.45, 7) is 2.46. The molecule has 1 aliphatic rings. The number of aliphatic carboxylic acids is 3. The molecular formula is C26H38FN4O10+. The molecule has 15 heteroatoms. The second kappa shape index (κ2) is 18.4. The predicted molar refractivity (Wildman–Crippen MR) is 141 cm³/mol. The first kappa shape index (κ1) is 33.3. The topological polar surface area (TPSA) is 201 Å². The molecule has 0 bridgehead atoms. The van der Waals surface area contributed by atoms with Crippen molar-refractivity contribution in [1.29, 1.82) is 0 Å². The Hall–Kier alpha value is -3.95. The highest BCUT2D eigenvalue weighted by atomic mass is 19.1. The molecule has 2 rings (SSSR count). The number of amides is 2. The number of quaternary nitrogens is 1. The number of alkyl halides is 1. The van der Waals surface area contributed by atoms with Crippen LogP contribution in [0, 0.1) is 0 Å². The van der Waals surface area contributed by atoms with Crippen LogP contribution in [0.25, 0.3) is 0 Å². The van der Waals surface area contributed by atoms with Crippen molar-refractivity contribution in [1.82, 2.24) is 15.6 Å². The fraction of sp³-hybridized carbons (Fsp3) is 0.538. The van der Waals surface area contributed by atoms with E-state index < -0.39 is 42.4 Å². The van der Waals surface area contributed by atoms with E-state index in [-0.39, 0.29) is 19.5 Å². The first-order valence-electron chi connectivity index (χ1n) is 13.2. The number of carbonyl (C=O) groups excluding carboxylic acids is 1. The molecule has 0 aliphatic carbocycles. The minimum absolute atomic E-state index is 0.0780. The van der Waals surface area contributed by atoms with Crippen LogP contribution >= 0.6 is 0 Å². The molecule has 0 radical (unpaired) electrons. The lowest BCUT2D eigenvalue weighted by Gasteiger charge is -2.26. The number of allylic oxidation sites excluding steroid dienone is 1. The number of hydrogen-bond donors (Lipinski definition) is 6. The number of hydrogen-bond acceptors (Lipinski definition) is 8. The first-order valence-corrected chi connectivity index (χ1v) is 13.2. The van der Waals surface area contributed by atoms with Crippen LogP contribution in [0.15, 0.2) is 36.2 Å². The summed E-state index contributed by atoms with van der Waals surface area (Å²) >= 11 is 0. The third kappa shape index (κ3) is 13.8. The number of carboxylic acids is 3. The molecule has 2 atom stereocenters. The summed E-state index contributed by atoms with van der Waals surface area (Å²) in [6, 6.07) is 2.71. The van der Waals surface area contributed by atoms with Gasteiger partial charge in [-0.3, -0.25) is 9.18 Å². The van der Waals surface area contributed by atoms with E-state index in [0.717, 1.165) is 18.7 Å². The molecule has 0 saturated heterocycles. The summed E-state index contributed by atoms with van der Waals surface area (Å²) in [5.41, 5.74) is 3.72. The van der Waals surface area contributed by atoms with E-state index in [1.807, 2.05) is 16.6 Å². The van der Waals surface area contributed by atoms with E-state index >= 15 is 0 Å². The minimum Gasteiger partial charge on any atom is -0.491 e. The van der Waals surface area contributed by atoms with Gasteiger partial charge in [-0.2, -0.15) is 0 Å². The number of rotatable bonds is 22. The van der Waals surface area contributed by atoms with Crippen LogP contribution in [0.4, 0.5) is 9.18 Å². The number of benzene rings is 1. The molecule has 7 N–H and O–H groups in total. The molecule has 228 valence electrons. The Morgan fingerprint density at radius 2 is 1.51 bits per heavy atom. The number of ether oxygens (including phenoxy) is 3. The Morgan fingerprint density at radius 1 is 0.902 bits per heavy atom. The van der Waals surface area contributed by atoms with Crippen LogP contribution < -0.4 is 20.8 Å². The summed E-state index contributed by atoms with van der Waals surface area (Å²) in [7, 11) is 0. The van der Waals surface area contributed by atoms with Crippen molar-refractivity contribution in [3.05, 3.63) is 41.7 Å². The maximum Gasteiger partial charge on any atom is 0.326 e. The number of urea groups is 1. The largest absolute Gasteiger partial charge is 0.491 e. The van der Waals surface area contributed by atoms with Gasteiger partial charge in [-0.25, -0.2) is 24.8 Å². The summed E-state index contributed by atoms with van der Waals surface area (Å²) in [5.74, 6) is -3.44. The van der Waals surface area contributed by atoms with Gasteiger partial charge >= 0.3 is 23.9 Å². The van der Waals surface area contributed by atoms with E-state index in [2.05, 4.69) is 10.6 Å². The molecule has 2 unspecified atom stereocenters.